The largest absolute Gasteiger partial charge is 0.455 e. The number of nitrogens with zero attached hydrogens (tertiary/aromatic N) is 2. The van der Waals surface area contributed by atoms with Gasteiger partial charge < -0.3 is 5.73 Å². The Kier molecular flexibility index (Phi) is 3.92. The van der Waals surface area contributed by atoms with E-state index in [4.69, 9.17) is 5.73 Å². The lowest BCUT2D eigenvalue weighted by Crippen LogP contribution is -2.40. The molecule has 1 aromatic heterocycles. The second-order valence-electron chi connectivity index (χ2n) is 2.67. The van der Waals surface area contributed by atoms with Crippen molar-refractivity contribution in [2.24, 2.45) is 0 Å². The van der Waals surface area contributed by atoms with Gasteiger partial charge in [-0.2, -0.15) is 27.1 Å². The zero-order valence-corrected chi connectivity index (χ0v) is 7.95. The van der Waals surface area contributed by atoms with Crippen molar-refractivity contribution >= 4 is 18.1 Å². The Bertz CT molecular complexity index is 321. The minimum absolute atomic E-state index is 0. The molecule has 1 rings (SSSR count). The highest BCUT2D eigenvalue weighted by Gasteiger charge is 2.57. The van der Waals surface area contributed by atoms with Crippen LogP contribution in [0.15, 0.2) is 12.4 Å². The number of halogens is 6. The molecule has 0 aliphatic carbocycles. The van der Waals surface area contributed by atoms with E-state index >= 15 is 0 Å². The lowest BCUT2D eigenvalue weighted by molar-refractivity contribution is -0.287. The molecule has 1 aromatic rings. The van der Waals surface area contributed by atoms with Gasteiger partial charge in [0.05, 0.1) is 11.9 Å². The Labute approximate surface area is 87.5 Å². The van der Waals surface area contributed by atoms with Gasteiger partial charge in [-0.15, -0.1) is 12.4 Å². The second-order valence-corrected chi connectivity index (χ2v) is 2.67. The van der Waals surface area contributed by atoms with Crippen LogP contribution in [0.5, 0.6) is 0 Å². The third kappa shape index (κ3) is 3.22. The maximum Gasteiger partial charge on any atom is 0.455 e. The molecule has 3 nitrogen and oxygen atoms in total. The fourth-order valence-corrected chi connectivity index (χ4v) is 0.759. The summed E-state index contributed by atoms with van der Waals surface area (Å²) in [6.07, 6.45) is -3.68. The molecule has 9 heteroatoms. The van der Waals surface area contributed by atoms with Crippen LogP contribution in [0, 0.1) is 0 Å². The van der Waals surface area contributed by atoms with E-state index in [0.717, 1.165) is 12.4 Å². The van der Waals surface area contributed by atoms with Crippen LogP contribution < -0.4 is 5.73 Å². The van der Waals surface area contributed by atoms with Crippen molar-refractivity contribution in [2.45, 2.75) is 18.6 Å². The molecule has 0 aromatic carbocycles. The van der Waals surface area contributed by atoms with Crippen LogP contribution in [-0.2, 0) is 6.54 Å². The Morgan fingerprint density at radius 3 is 2.13 bits per heavy atom. The maximum atomic E-state index is 12.4. The Morgan fingerprint density at radius 1 is 1.27 bits per heavy atom. The molecule has 0 atom stereocenters. The molecule has 0 spiro atoms. The lowest BCUT2D eigenvalue weighted by Gasteiger charge is -2.18. The summed E-state index contributed by atoms with van der Waals surface area (Å²) in [5.41, 5.74) is 5.13. The number of anilines is 1. The third-order valence-electron chi connectivity index (χ3n) is 1.43. The summed E-state index contributed by atoms with van der Waals surface area (Å²) in [7, 11) is 0. The summed E-state index contributed by atoms with van der Waals surface area (Å²) in [6.45, 7) is -1.56. The van der Waals surface area contributed by atoms with Gasteiger partial charge in [-0.05, 0) is 0 Å². The Morgan fingerprint density at radius 2 is 1.80 bits per heavy atom. The van der Waals surface area contributed by atoms with Gasteiger partial charge in [-0.25, -0.2) is 0 Å². The third-order valence-corrected chi connectivity index (χ3v) is 1.43. The summed E-state index contributed by atoms with van der Waals surface area (Å²) in [4.78, 5) is 0. The monoisotopic (exact) mass is 251 g/mol. The highest BCUT2D eigenvalue weighted by atomic mass is 35.5. The number of rotatable bonds is 2. The summed E-state index contributed by atoms with van der Waals surface area (Å²) in [6, 6.07) is 0. The molecule has 0 bridgehead atoms. The van der Waals surface area contributed by atoms with Crippen molar-refractivity contribution in [1.29, 1.82) is 0 Å². The molecule has 0 aliphatic rings. The fraction of sp³-hybridized carbons (Fsp3) is 0.500. The van der Waals surface area contributed by atoms with Crippen LogP contribution in [0.3, 0.4) is 0 Å². The first kappa shape index (κ1) is 13.9. The number of nitrogens with two attached hydrogens (primary N) is 1. The van der Waals surface area contributed by atoms with Crippen LogP contribution >= 0.6 is 12.4 Å². The number of hydrogen-bond acceptors (Lipinski definition) is 2. The van der Waals surface area contributed by atoms with Gasteiger partial charge in [0.25, 0.3) is 0 Å². The minimum atomic E-state index is -5.58. The standard InChI is InChI=1S/C6H6F5N3.ClH/c7-5(8,6(9,10)11)3-14-2-4(12)1-13-14;/h1-2H,3,12H2;1H. The smallest absolute Gasteiger partial charge is 0.396 e. The van der Waals surface area contributed by atoms with Crippen molar-refractivity contribution < 1.29 is 22.0 Å². The summed E-state index contributed by atoms with van der Waals surface area (Å²) in [5, 5.41) is 3.23. The first-order valence-corrected chi connectivity index (χ1v) is 3.45. The topological polar surface area (TPSA) is 43.8 Å². The quantitative estimate of drug-likeness (QED) is 0.818. The van der Waals surface area contributed by atoms with E-state index in [1.54, 1.807) is 0 Å². The Hall–Kier alpha value is -1.05. The molecule has 15 heavy (non-hydrogen) atoms. The number of nitrogen functional groups attached to an aromatic ring is 1. The van der Waals surface area contributed by atoms with Gasteiger partial charge in [0.2, 0.25) is 0 Å². The van der Waals surface area contributed by atoms with Crippen LogP contribution in [0.2, 0.25) is 0 Å². The number of alkyl halides is 5. The normalized spacial score (nSPS) is 12.3. The molecule has 88 valence electrons. The SMILES string of the molecule is Cl.Nc1cnn(CC(F)(F)C(F)(F)F)c1. The van der Waals surface area contributed by atoms with E-state index in [2.05, 4.69) is 5.10 Å². The minimum Gasteiger partial charge on any atom is -0.396 e. The van der Waals surface area contributed by atoms with Gasteiger partial charge in [0.1, 0.15) is 6.54 Å². The number of hydrogen-bond donors (Lipinski definition) is 1. The van der Waals surface area contributed by atoms with Gasteiger partial charge in [-0.3, -0.25) is 4.68 Å². The zero-order valence-electron chi connectivity index (χ0n) is 7.13. The van der Waals surface area contributed by atoms with Gasteiger partial charge in [-0.1, -0.05) is 0 Å². The van der Waals surface area contributed by atoms with E-state index in [-0.39, 0.29) is 18.1 Å². The van der Waals surface area contributed by atoms with Crippen molar-refractivity contribution in [3.8, 4) is 0 Å². The van der Waals surface area contributed by atoms with Crippen molar-refractivity contribution in [2.75, 3.05) is 5.73 Å². The van der Waals surface area contributed by atoms with Crippen LogP contribution in [0.25, 0.3) is 0 Å². The molecule has 0 unspecified atom stereocenters. The second kappa shape index (κ2) is 4.21. The van der Waals surface area contributed by atoms with Crippen molar-refractivity contribution in [3.63, 3.8) is 0 Å². The summed E-state index contributed by atoms with van der Waals surface area (Å²) in [5.74, 6) is -4.80. The maximum absolute atomic E-state index is 12.4. The lowest BCUT2D eigenvalue weighted by atomic mass is 10.3. The van der Waals surface area contributed by atoms with Gasteiger partial charge >= 0.3 is 12.1 Å². The van der Waals surface area contributed by atoms with E-state index in [1.807, 2.05) is 0 Å². The van der Waals surface area contributed by atoms with Crippen molar-refractivity contribution in [1.82, 2.24) is 9.78 Å². The molecular formula is C6H7ClF5N3. The van der Waals surface area contributed by atoms with E-state index < -0.39 is 18.6 Å². The predicted molar refractivity (Wildman–Crippen MR) is 44.9 cm³/mol. The molecule has 0 amide bonds. The first-order valence-electron chi connectivity index (χ1n) is 3.45. The van der Waals surface area contributed by atoms with Crippen LogP contribution in [-0.4, -0.2) is 21.9 Å². The molecule has 1 heterocycles. The first-order chi connectivity index (χ1) is 6.22. The predicted octanol–water partition coefficient (Wildman–Crippen LogP) is 2.08. The summed E-state index contributed by atoms with van der Waals surface area (Å²) >= 11 is 0. The molecule has 0 aliphatic heterocycles. The molecular weight excluding hydrogens is 245 g/mol. The Balaban J connectivity index is 0.00000196. The van der Waals surface area contributed by atoms with E-state index in [0.29, 0.717) is 4.68 Å². The van der Waals surface area contributed by atoms with Crippen molar-refractivity contribution in [3.05, 3.63) is 12.4 Å². The fourth-order valence-electron chi connectivity index (χ4n) is 0.759. The number of aromatic nitrogens is 2. The molecule has 0 radical (unpaired) electrons. The van der Waals surface area contributed by atoms with Gasteiger partial charge in [0.15, 0.2) is 0 Å². The van der Waals surface area contributed by atoms with E-state index in [1.165, 1.54) is 0 Å². The van der Waals surface area contributed by atoms with Crippen LogP contribution in [0.4, 0.5) is 27.6 Å². The van der Waals surface area contributed by atoms with Gasteiger partial charge in [0, 0.05) is 6.20 Å². The summed E-state index contributed by atoms with van der Waals surface area (Å²) < 4.78 is 60.4. The molecule has 2 N–H and O–H groups in total. The molecule has 0 saturated heterocycles. The molecule has 0 saturated carbocycles. The van der Waals surface area contributed by atoms with Crippen LogP contribution in [0.1, 0.15) is 0 Å². The highest BCUT2D eigenvalue weighted by molar-refractivity contribution is 5.85. The van der Waals surface area contributed by atoms with E-state index in [9.17, 15) is 22.0 Å². The average Bonchev–Trinajstić information content (AvgIpc) is 2.31. The average molecular weight is 252 g/mol. The highest BCUT2D eigenvalue weighted by Crippen LogP contribution is 2.36. The molecule has 0 fully saturated rings. The zero-order chi connectivity index (χ0) is 11.0.